The van der Waals surface area contributed by atoms with Crippen LogP contribution in [0.2, 0.25) is 0 Å². The van der Waals surface area contributed by atoms with Crippen LogP contribution in [-0.2, 0) is 4.75 Å². The Kier molecular flexibility index (Phi) is 6.22. The number of hydrogen-bond donors (Lipinski definition) is 4. The minimum Gasteiger partial charge on any atom is -0.384 e. The number of amides is 2. The van der Waals surface area contributed by atoms with Gasteiger partial charge < -0.3 is 20.9 Å². The second kappa shape index (κ2) is 8.16. The summed E-state index contributed by atoms with van der Waals surface area (Å²) < 4.78 is 9.13. The smallest absolute Gasteiger partial charge is 0.318 e. The van der Waals surface area contributed by atoms with Gasteiger partial charge in [-0.3, -0.25) is 0 Å². The lowest BCUT2D eigenvalue weighted by molar-refractivity contribution is 0.244. The van der Waals surface area contributed by atoms with Crippen molar-refractivity contribution in [2.24, 2.45) is 0 Å². The van der Waals surface area contributed by atoms with E-state index in [1.807, 2.05) is 13.8 Å². The Hall–Kier alpha value is -2.06. The molecule has 0 aromatic carbocycles. The molecule has 7 nitrogen and oxygen atoms in total. The van der Waals surface area contributed by atoms with Gasteiger partial charge in [0.1, 0.15) is 5.82 Å². The summed E-state index contributed by atoms with van der Waals surface area (Å²) in [7, 11) is 0. The highest BCUT2D eigenvalue weighted by Gasteiger charge is 2.47. The van der Waals surface area contributed by atoms with Gasteiger partial charge in [0.05, 0.1) is 10.4 Å². The Balaban J connectivity index is 2.04. The second-order valence-corrected chi connectivity index (χ2v) is 6.66. The molecule has 0 saturated heterocycles. The highest BCUT2D eigenvalue weighted by Crippen LogP contribution is 2.55. The molecule has 1 aromatic rings. The van der Waals surface area contributed by atoms with E-state index in [0.29, 0.717) is 18.2 Å². The molecule has 1 aliphatic carbocycles. The van der Waals surface area contributed by atoms with E-state index in [1.54, 1.807) is 24.4 Å². The van der Waals surface area contributed by atoms with Gasteiger partial charge in [0, 0.05) is 30.9 Å². The molecule has 0 aliphatic heterocycles. The molecule has 1 fully saturated rings. The highest BCUT2D eigenvalue weighted by atomic mass is 32.2. The zero-order valence-corrected chi connectivity index (χ0v) is 14.7. The van der Waals surface area contributed by atoms with Crippen molar-refractivity contribution in [3.8, 4) is 0 Å². The molecule has 1 aromatic heterocycles. The third kappa shape index (κ3) is 4.72. The van der Waals surface area contributed by atoms with Crippen LogP contribution < -0.4 is 16.4 Å². The molecule has 1 aliphatic rings. The maximum Gasteiger partial charge on any atom is 0.318 e. The lowest BCUT2D eigenvalue weighted by Crippen LogP contribution is -2.32. The lowest BCUT2D eigenvalue weighted by atomic mass is 10.2. The van der Waals surface area contributed by atoms with Crippen LogP contribution in [0.4, 0.5) is 10.6 Å². The van der Waals surface area contributed by atoms with Gasteiger partial charge in [-0.2, -0.15) is 0 Å². The molecular formula is C16H23N5O2S. The number of carbonyl (C=O) groups excluding carboxylic acids is 1. The normalized spacial score (nSPS) is 16.2. The molecule has 1 heterocycles. The fourth-order valence-electron chi connectivity index (χ4n) is 2.06. The standard InChI is InChI=1S/C16H23N5O2S/c1-3-8-18-15(22)19-9-4-5-11(2)14-20-12(10-13(17)21-14)16(24-23)6-7-16/h4-5,9-10,23H,3,6-8H2,1-2H3,(H2,17,20,21)(H2,18,19,22)/b9-4+,11-5+. The van der Waals surface area contributed by atoms with Gasteiger partial charge in [-0.05, 0) is 37.8 Å². The maximum absolute atomic E-state index is 11.4. The van der Waals surface area contributed by atoms with Crippen molar-refractivity contribution < 1.29 is 9.35 Å². The van der Waals surface area contributed by atoms with Crippen molar-refractivity contribution in [2.45, 2.75) is 37.9 Å². The fraction of sp³-hybridized carbons (Fsp3) is 0.438. The molecule has 0 spiro atoms. The maximum atomic E-state index is 11.4. The van der Waals surface area contributed by atoms with Crippen LogP contribution in [0, 0.1) is 0 Å². The summed E-state index contributed by atoms with van der Waals surface area (Å²) in [6.07, 6.45) is 7.70. The summed E-state index contributed by atoms with van der Waals surface area (Å²) in [4.78, 5) is 20.2. The van der Waals surface area contributed by atoms with Crippen molar-refractivity contribution >= 4 is 29.5 Å². The molecule has 0 radical (unpaired) electrons. The number of rotatable bonds is 7. The van der Waals surface area contributed by atoms with Crippen molar-refractivity contribution in [2.75, 3.05) is 12.3 Å². The first-order chi connectivity index (χ1) is 11.5. The Morgan fingerprint density at radius 1 is 1.50 bits per heavy atom. The first-order valence-electron chi connectivity index (χ1n) is 7.86. The third-order valence-electron chi connectivity index (χ3n) is 3.64. The Morgan fingerprint density at radius 3 is 2.88 bits per heavy atom. The molecule has 24 heavy (non-hydrogen) atoms. The zero-order valence-electron chi connectivity index (χ0n) is 13.9. The minimum absolute atomic E-state index is 0.239. The average Bonchev–Trinajstić information content (AvgIpc) is 3.37. The quantitative estimate of drug-likeness (QED) is 0.445. The van der Waals surface area contributed by atoms with Gasteiger partial charge in [0.2, 0.25) is 0 Å². The monoisotopic (exact) mass is 349 g/mol. The molecule has 2 rings (SSSR count). The molecule has 8 heteroatoms. The van der Waals surface area contributed by atoms with E-state index in [0.717, 1.165) is 42.6 Å². The van der Waals surface area contributed by atoms with Gasteiger partial charge in [-0.25, -0.2) is 14.8 Å². The van der Waals surface area contributed by atoms with Gasteiger partial charge in [0.15, 0.2) is 5.82 Å². The summed E-state index contributed by atoms with van der Waals surface area (Å²) in [5.74, 6) is 0.898. The number of nitrogens with one attached hydrogen (secondary N) is 2. The van der Waals surface area contributed by atoms with Crippen LogP contribution in [0.15, 0.2) is 24.4 Å². The Morgan fingerprint density at radius 2 is 2.25 bits per heavy atom. The Labute approximate surface area is 146 Å². The van der Waals surface area contributed by atoms with Gasteiger partial charge in [-0.1, -0.05) is 13.0 Å². The number of hydrogen-bond acceptors (Lipinski definition) is 6. The third-order valence-corrected chi connectivity index (χ3v) is 4.60. The van der Waals surface area contributed by atoms with Crippen LogP contribution in [0.5, 0.6) is 0 Å². The van der Waals surface area contributed by atoms with Gasteiger partial charge >= 0.3 is 6.03 Å². The number of nitrogen functional groups attached to an aromatic ring is 1. The van der Waals surface area contributed by atoms with E-state index in [2.05, 4.69) is 20.6 Å². The fourth-order valence-corrected chi connectivity index (χ4v) is 2.55. The molecule has 1 saturated carbocycles. The van der Waals surface area contributed by atoms with Crippen LogP contribution in [-0.4, -0.2) is 27.1 Å². The first kappa shape index (κ1) is 18.3. The number of anilines is 1. The molecule has 0 unspecified atom stereocenters. The van der Waals surface area contributed by atoms with Crippen LogP contribution >= 0.6 is 12.0 Å². The van der Waals surface area contributed by atoms with E-state index in [9.17, 15) is 9.35 Å². The summed E-state index contributed by atoms with van der Waals surface area (Å²) in [5.41, 5.74) is 7.43. The van der Waals surface area contributed by atoms with Gasteiger partial charge in [0.25, 0.3) is 0 Å². The SMILES string of the molecule is CCCNC(=O)N/C=C/C=C(\C)c1nc(N)cc(C2(SO)CC2)n1. The number of nitrogens with zero attached hydrogens (tertiary/aromatic N) is 2. The molecule has 0 bridgehead atoms. The van der Waals surface area contributed by atoms with Crippen molar-refractivity contribution in [1.82, 2.24) is 20.6 Å². The zero-order chi connectivity index (χ0) is 17.6. The molecule has 130 valence electrons. The van der Waals surface area contributed by atoms with Crippen LogP contribution in [0.25, 0.3) is 5.57 Å². The Bertz CT molecular complexity index is 656. The number of carbonyl (C=O) groups is 1. The summed E-state index contributed by atoms with van der Waals surface area (Å²) in [5, 5.41) is 5.32. The van der Waals surface area contributed by atoms with Crippen molar-refractivity contribution in [3.63, 3.8) is 0 Å². The first-order valence-corrected chi connectivity index (χ1v) is 8.64. The van der Waals surface area contributed by atoms with Crippen molar-refractivity contribution in [1.29, 1.82) is 0 Å². The van der Waals surface area contributed by atoms with E-state index >= 15 is 0 Å². The van der Waals surface area contributed by atoms with E-state index in [4.69, 9.17) is 5.73 Å². The molecule has 2 amide bonds. The predicted octanol–water partition coefficient (Wildman–Crippen LogP) is 2.88. The predicted molar refractivity (Wildman–Crippen MR) is 97.2 cm³/mol. The van der Waals surface area contributed by atoms with E-state index < -0.39 is 0 Å². The van der Waals surface area contributed by atoms with Gasteiger partial charge in [-0.15, -0.1) is 0 Å². The summed E-state index contributed by atoms with van der Waals surface area (Å²) >= 11 is 0.818. The number of allylic oxidation sites excluding steroid dienone is 3. The van der Waals surface area contributed by atoms with E-state index in [1.165, 1.54) is 0 Å². The molecular weight excluding hydrogens is 326 g/mol. The number of aromatic nitrogens is 2. The topological polar surface area (TPSA) is 113 Å². The largest absolute Gasteiger partial charge is 0.384 e. The lowest BCUT2D eigenvalue weighted by Gasteiger charge is -2.12. The summed E-state index contributed by atoms with van der Waals surface area (Å²) in [6.45, 7) is 4.49. The minimum atomic E-state index is -0.332. The van der Waals surface area contributed by atoms with Crippen LogP contribution in [0.1, 0.15) is 44.6 Å². The average molecular weight is 349 g/mol. The highest BCUT2D eigenvalue weighted by molar-refractivity contribution is 7.95. The molecule has 0 atom stereocenters. The van der Waals surface area contributed by atoms with Crippen molar-refractivity contribution in [3.05, 3.63) is 35.9 Å². The second-order valence-electron chi connectivity index (χ2n) is 5.70. The molecule has 5 N–H and O–H groups in total. The van der Waals surface area contributed by atoms with Crippen LogP contribution in [0.3, 0.4) is 0 Å². The number of nitrogens with two attached hydrogens (primary N) is 1. The number of urea groups is 1. The van der Waals surface area contributed by atoms with E-state index in [-0.39, 0.29) is 10.8 Å². The summed E-state index contributed by atoms with van der Waals surface area (Å²) in [6, 6.07) is 1.47.